The van der Waals surface area contributed by atoms with Crippen molar-refractivity contribution in [3.8, 4) is 0 Å². The molecule has 0 aromatic carbocycles. The van der Waals surface area contributed by atoms with Crippen molar-refractivity contribution in [3.05, 3.63) is 17.5 Å². The first-order valence-corrected chi connectivity index (χ1v) is 6.43. The zero-order valence-electron chi connectivity index (χ0n) is 11.6. The third kappa shape index (κ3) is 5.16. The first-order valence-electron chi connectivity index (χ1n) is 6.43. The summed E-state index contributed by atoms with van der Waals surface area (Å²) in [6, 6.07) is 2.05. The zero-order chi connectivity index (χ0) is 13.4. The summed E-state index contributed by atoms with van der Waals surface area (Å²) in [6.45, 7) is 3.81. The molecule has 0 aliphatic rings. The topological polar surface area (TPSA) is 56.5 Å². The van der Waals surface area contributed by atoms with Crippen molar-refractivity contribution in [2.75, 3.05) is 26.9 Å². The van der Waals surface area contributed by atoms with Crippen molar-refractivity contribution in [3.63, 3.8) is 0 Å². The Balaban J connectivity index is 2.26. The fraction of sp³-hybridized carbons (Fsp3) is 0.769. The van der Waals surface area contributed by atoms with E-state index in [9.17, 15) is 5.11 Å². The van der Waals surface area contributed by atoms with Crippen LogP contribution in [-0.4, -0.2) is 47.9 Å². The van der Waals surface area contributed by atoms with Gasteiger partial charge in [0.05, 0.1) is 25.0 Å². The second-order valence-electron chi connectivity index (χ2n) is 4.36. The molecule has 1 rings (SSSR count). The van der Waals surface area contributed by atoms with Gasteiger partial charge in [0.2, 0.25) is 0 Å². The van der Waals surface area contributed by atoms with E-state index < -0.39 is 0 Å². The summed E-state index contributed by atoms with van der Waals surface area (Å²) in [6.07, 6.45) is 1.80. The highest BCUT2D eigenvalue weighted by Crippen LogP contribution is 2.08. The molecule has 1 aromatic rings. The molecule has 0 spiro atoms. The number of rotatable bonds is 9. The molecule has 5 nitrogen and oxygen atoms in total. The molecule has 1 heterocycles. The Kier molecular flexibility index (Phi) is 6.93. The molecule has 0 amide bonds. The van der Waals surface area contributed by atoms with Gasteiger partial charge in [-0.2, -0.15) is 5.10 Å². The zero-order valence-corrected chi connectivity index (χ0v) is 11.6. The van der Waals surface area contributed by atoms with E-state index in [1.54, 1.807) is 7.11 Å². The maximum atomic E-state index is 9.91. The van der Waals surface area contributed by atoms with Crippen molar-refractivity contribution in [2.24, 2.45) is 7.05 Å². The quantitative estimate of drug-likeness (QED) is 0.668. The van der Waals surface area contributed by atoms with Gasteiger partial charge in [-0.15, -0.1) is 0 Å². The third-order valence-corrected chi connectivity index (χ3v) is 2.86. The molecular formula is C13H24N2O3. The predicted octanol–water partition coefficient (Wildman–Crippen LogP) is 0.939. The first-order chi connectivity index (χ1) is 8.67. The van der Waals surface area contributed by atoms with E-state index in [1.165, 1.54) is 0 Å². The Morgan fingerprint density at radius 2 is 2.17 bits per heavy atom. The summed E-state index contributed by atoms with van der Waals surface area (Å²) >= 11 is 0. The highest BCUT2D eigenvalue weighted by Gasteiger charge is 2.10. The second-order valence-corrected chi connectivity index (χ2v) is 4.36. The Hall–Kier alpha value is -0.910. The molecule has 0 radical (unpaired) electrons. The number of ether oxygens (including phenoxy) is 2. The number of aryl methyl sites for hydroxylation is 2. The predicted molar refractivity (Wildman–Crippen MR) is 69.6 cm³/mol. The van der Waals surface area contributed by atoms with Gasteiger partial charge >= 0.3 is 0 Å². The van der Waals surface area contributed by atoms with Crippen molar-refractivity contribution in [2.45, 2.75) is 32.3 Å². The van der Waals surface area contributed by atoms with Gasteiger partial charge in [-0.25, -0.2) is 0 Å². The molecule has 0 aliphatic carbocycles. The van der Waals surface area contributed by atoms with Gasteiger partial charge < -0.3 is 14.6 Å². The number of aliphatic hydroxyl groups excluding tert-OH is 1. The normalized spacial score (nSPS) is 12.9. The highest BCUT2D eigenvalue weighted by atomic mass is 16.5. The van der Waals surface area contributed by atoms with E-state index >= 15 is 0 Å². The van der Waals surface area contributed by atoms with Crippen LogP contribution >= 0.6 is 0 Å². The minimum atomic E-state index is -0.382. The standard InChI is InChI=1S/C13H24N2O3/c1-4-11-9-12(15(2)14-11)10-13(16)5-6-18-8-7-17-3/h9,13,16H,4-8,10H2,1-3H3. The summed E-state index contributed by atoms with van der Waals surface area (Å²) in [4.78, 5) is 0. The fourth-order valence-corrected chi connectivity index (χ4v) is 1.74. The summed E-state index contributed by atoms with van der Waals surface area (Å²) in [5.74, 6) is 0. The van der Waals surface area contributed by atoms with Crippen LogP contribution in [0.2, 0.25) is 0 Å². The molecule has 0 aliphatic heterocycles. The average Bonchev–Trinajstić information content (AvgIpc) is 2.70. The minimum Gasteiger partial charge on any atom is -0.393 e. The Labute approximate surface area is 109 Å². The molecule has 1 aromatic heterocycles. The fourth-order valence-electron chi connectivity index (χ4n) is 1.74. The number of methoxy groups -OCH3 is 1. The second kappa shape index (κ2) is 8.24. The lowest BCUT2D eigenvalue weighted by Crippen LogP contribution is -2.16. The monoisotopic (exact) mass is 256 g/mol. The highest BCUT2D eigenvalue weighted by molar-refractivity contribution is 5.11. The van der Waals surface area contributed by atoms with E-state index in [1.807, 2.05) is 11.7 Å². The summed E-state index contributed by atoms with van der Waals surface area (Å²) in [5.41, 5.74) is 2.13. The number of hydrogen-bond donors (Lipinski definition) is 1. The van der Waals surface area contributed by atoms with Gasteiger partial charge in [-0.05, 0) is 18.9 Å². The van der Waals surface area contributed by atoms with Crippen LogP contribution < -0.4 is 0 Å². The van der Waals surface area contributed by atoms with Crippen LogP contribution in [0.3, 0.4) is 0 Å². The lowest BCUT2D eigenvalue weighted by atomic mass is 10.1. The van der Waals surface area contributed by atoms with Crippen LogP contribution in [0, 0.1) is 0 Å². The first kappa shape index (κ1) is 15.1. The Morgan fingerprint density at radius 1 is 1.39 bits per heavy atom. The van der Waals surface area contributed by atoms with Gasteiger partial charge in [0.1, 0.15) is 0 Å². The van der Waals surface area contributed by atoms with E-state index in [2.05, 4.69) is 18.1 Å². The molecule has 0 saturated carbocycles. The van der Waals surface area contributed by atoms with Crippen LogP contribution in [0.4, 0.5) is 0 Å². The SMILES string of the molecule is CCc1cc(CC(O)CCOCCOC)n(C)n1. The summed E-state index contributed by atoms with van der Waals surface area (Å²) < 4.78 is 12.0. The lowest BCUT2D eigenvalue weighted by molar-refractivity contribution is 0.0475. The largest absolute Gasteiger partial charge is 0.393 e. The van der Waals surface area contributed by atoms with Gasteiger partial charge in [-0.3, -0.25) is 4.68 Å². The van der Waals surface area contributed by atoms with E-state index in [0.717, 1.165) is 17.8 Å². The average molecular weight is 256 g/mol. The molecule has 0 bridgehead atoms. The number of aliphatic hydroxyl groups is 1. The summed E-state index contributed by atoms with van der Waals surface area (Å²) in [5, 5.41) is 14.3. The molecule has 0 fully saturated rings. The Bertz CT molecular complexity index is 339. The maximum absolute atomic E-state index is 9.91. The third-order valence-electron chi connectivity index (χ3n) is 2.86. The van der Waals surface area contributed by atoms with Crippen LogP contribution in [-0.2, 0) is 29.4 Å². The molecular weight excluding hydrogens is 232 g/mol. The number of nitrogens with zero attached hydrogens (tertiary/aromatic N) is 2. The lowest BCUT2D eigenvalue weighted by Gasteiger charge is -2.10. The van der Waals surface area contributed by atoms with Crippen molar-refractivity contribution >= 4 is 0 Å². The van der Waals surface area contributed by atoms with Gasteiger partial charge in [0.25, 0.3) is 0 Å². The number of aromatic nitrogens is 2. The van der Waals surface area contributed by atoms with Crippen LogP contribution in [0.5, 0.6) is 0 Å². The van der Waals surface area contributed by atoms with Gasteiger partial charge in [0, 0.05) is 32.9 Å². The molecule has 1 N–H and O–H groups in total. The molecule has 18 heavy (non-hydrogen) atoms. The van der Waals surface area contributed by atoms with E-state index in [0.29, 0.717) is 32.7 Å². The van der Waals surface area contributed by atoms with E-state index in [-0.39, 0.29) is 6.10 Å². The van der Waals surface area contributed by atoms with E-state index in [4.69, 9.17) is 9.47 Å². The maximum Gasteiger partial charge on any atom is 0.0700 e. The van der Waals surface area contributed by atoms with Gasteiger partial charge in [-0.1, -0.05) is 6.92 Å². The van der Waals surface area contributed by atoms with Crippen molar-refractivity contribution in [1.82, 2.24) is 9.78 Å². The van der Waals surface area contributed by atoms with Crippen molar-refractivity contribution < 1.29 is 14.6 Å². The molecule has 104 valence electrons. The number of hydrogen-bond acceptors (Lipinski definition) is 4. The van der Waals surface area contributed by atoms with Crippen LogP contribution in [0.25, 0.3) is 0 Å². The smallest absolute Gasteiger partial charge is 0.0700 e. The van der Waals surface area contributed by atoms with Gasteiger partial charge in [0.15, 0.2) is 0 Å². The summed E-state index contributed by atoms with van der Waals surface area (Å²) in [7, 11) is 3.56. The molecule has 5 heteroatoms. The van der Waals surface area contributed by atoms with Crippen LogP contribution in [0.15, 0.2) is 6.07 Å². The Morgan fingerprint density at radius 3 is 2.78 bits per heavy atom. The van der Waals surface area contributed by atoms with Crippen LogP contribution in [0.1, 0.15) is 24.7 Å². The molecule has 0 saturated heterocycles. The molecule has 1 unspecified atom stereocenters. The minimum absolute atomic E-state index is 0.382. The van der Waals surface area contributed by atoms with Crippen molar-refractivity contribution in [1.29, 1.82) is 0 Å². The molecule has 1 atom stereocenters.